The number of hydrogen-bond donors (Lipinski definition) is 2. The van der Waals surface area contributed by atoms with Crippen molar-refractivity contribution in [3.63, 3.8) is 0 Å². The Morgan fingerprint density at radius 3 is 2.50 bits per heavy atom. The molecule has 0 aliphatic heterocycles. The zero-order valence-electron chi connectivity index (χ0n) is 9.88. The lowest BCUT2D eigenvalue weighted by atomic mass is 9.93. The molecule has 1 rings (SSSR count). The Morgan fingerprint density at radius 2 is 2.00 bits per heavy atom. The largest absolute Gasteiger partial charge is 0.508 e. The normalized spacial score (nSPS) is 17.1. The fourth-order valence-electron chi connectivity index (χ4n) is 1.44. The van der Waals surface area contributed by atoms with Gasteiger partial charge in [0.05, 0.1) is 0 Å². The molecule has 86 valence electrons. The van der Waals surface area contributed by atoms with Crippen molar-refractivity contribution in [1.29, 1.82) is 0 Å². The first kappa shape index (κ1) is 12.4. The minimum atomic E-state index is 0.136. The molecule has 1 aliphatic rings. The summed E-state index contributed by atoms with van der Waals surface area (Å²) in [6.45, 7) is 11.2. The Kier molecular flexibility index (Phi) is 3.78. The predicted octanol–water partition coefficient (Wildman–Crippen LogP) is 4.11. The van der Waals surface area contributed by atoms with Crippen molar-refractivity contribution < 1.29 is 10.2 Å². The molecule has 1 aliphatic carbocycles. The monoisotopic (exact) mass is 218 g/mol. The number of rotatable bonds is 3. The van der Waals surface area contributed by atoms with E-state index in [0.29, 0.717) is 11.3 Å². The Morgan fingerprint density at radius 1 is 1.38 bits per heavy atom. The van der Waals surface area contributed by atoms with Crippen molar-refractivity contribution in [3.05, 3.63) is 59.1 Å². The lowest BCUT2D eigenvalue weighted by Crippen LogP contribution is -1.98. The van der Waals surface area contributed by atoms with Crippen LogP contribution in [0.1, 0.15) is 26.7 Å². The average Bonchev–Trinajstić information content (AvgIpc) is 2.21. The Hall–Kier alpha value is -1.70. The minimum absolute atomic E-state index is 0.136. The van der Waals surface area contributed by atoms with Crippen LogP contribution in [0.5, 0.6) is 0 Å². The van der Waals surface area contributed by atoms with Gasteiger partial charge in [-0.05, 0) is 61.1 Å². The van der Waals surface area contributed by atoms with Crippen molar-refractivity contribution in [1.82, 2.24) is 0 Å². The van der Waals surface area contributed by atoms with E-state index in [0.717, 1.165) is 29.6 Å². The van der Waals surface area contributed by atoms with Crippen LogP contribution >= 0.6 is 0 Å². The third kappa shape index (κ3) is 2.89. The van der Waals surface area contributed by atoms with Crippen LogP contribution in [0.2, 0.25) is 0 Å². The number of aliphatic hydroxyl groups excluding tert-OH is 2. The molecule has 0 aromatic rings. The summed E-state index contributed by atoms with van der Waals surface area (Å²) in [5.41, 5.74) is 3.27. The Labute approximate surface area is 96.6 Å². The van der Waals surface area contributed by atoms with Gasteiger partial charge in [-0.2, -0.15) is 0 Å². The lowest BCUT2D eigenvalue weighted by molar-refractivity contribution is 0.417. The molecule has 0 aromatic carbocycles. The van der Waals surface area contributed by atoms with Crippen LogP contribution in [-0.2, 0) is 0 Å². The number of aliphatic hydroxyl groups is 2. The second-order valence-corrected chi connectivity index (χ2v) is 4.17. The highest BCUT2D eigenvalue weighted by molar-refractivity contribution is 5.46. The fraction of sp³-hybridized carbons (Fsp3) is 0.286. The first-order valence-electron chi connectivity index (χ1n) is 5.27. The molecule has 0 bridgehead atoms. The van der Waals surface area contributed by atoms with Crippen LogP contribution in [0.25, 0.3) is 0 Å². The van der Waals surface area contributed by atoms with Crippen LogP contribution in [0.4, 0.5) is 0 Å². The van der Waals surface area contributed by atoms with E-state index < -0.39 is 0 Å². The van der Waals surface area contributed by atoms with Crippen LogP contribution in [0, 0.1) is 0 Å². The van der Waals surface area contributed by atoms with Gasteiger partial charge in [-0.1, -0.05) is 13.2 Å². The second kappa shape index (κ2) is 4.88. The smallest absolute Gasteiger partial charge is 0.118 e. The highest BCUT2D eigenvalue weighted by Gasteiger charge is 2.11. The third-order valence-electron chi connectivity index (χ3n) is 2.68. The molecule has 0 atom stereocenters. The molecule has 0 amide bonds. The molecule has 0 saturated heterocycles. The van der Waals surface area contributed by atoms with Gasteiger partial charge in [0.15, 0.2) is 0 Å². The van der Waals surface area contributed by atoms with Gasteiger partial charge in [0.1, 0.15) is 11.5 Å². The van der Waals surface area contributed by atoms with Gasteiger partial charge in [-0.3, -0.25) is 0 Å². The van der Waals surface area contributed by atoms with Crippen LogP contribution in [-0.4, -0.2) is 10.2 Å². The summed E-state index contributed by atoms with van der Waals surface area (Å²) < 4.78 is 0. The molecule has 0 radical (unpaired) electrons. The molecule has 0 spiro atoms. The first-order valence-corrected chi connectivity index (χ1v) is 5.27. The van der Waals surface area contributed by atoms with E-state index >= 15 is 0 Å². The van der Waals surface area contributed by atoms with Crippen LogP contribution in [0.3, 0.4) is 0 Å². The van der Waals surface area contributed by atoms with Gasteiger partial charge in [0, 0.05) is 0 Å². The first-order chi connectivity index (χ1) is 7.41. The quantitative estimate of drug-likeness (QED) is 0.552. The van der Waals surface area contributed by atoms with Gasteiger partial charge in [0.2, 0.25) is 0 Å². The van der Waals surface area contributed by atoms with E-state index in [9.17, 15) is 10.2 Å². The van der Waals surface area contributed by atoms with Crippen molar-refractivity contribution in [2.24, 2.45) is 0 Å². The lowest BCUT2D eigenvalue weighted by Gasteiger charge is -2.15. The van der Waals surface area contributed by atoms with Crippen molar-refractivity contribution in [2.75, 3.05) is 0 Å². The molecule has 2 nitrogen and oxygen atoms in total. The SMILES string of the molecule is C=C(/C=C(/O)C(=C)C)C1=CC(O)=C(C)CC1. The summed E-state index contributed by atoms with van der Waals surface area (Å²) in [4.78, 5) is 0. The van der Waals surface area contributed by atoms with E-state index in [1.807, 2.05) is 6.92 Å². The summed E-state index contributed by atoms with van der Waals surface area (Å²) >= 11 is 0. The standard InChI is InChI=1S/C14H18O2/c1-9(2)13(15)7-11(4)12-6-5-10(3)14(16)8-12/h7-8,15-16H,1,4-6H2,2-3H3/b13-7+. The van der Waals surface area contributed by atoms with Crippen LogP contribution in [0.15, 0.2) is 59.1 Å². The second-order valence-electron chi connectivity index (χ2n) is 4.17. The van der Waals surface area contributed by atoms with Crippen molar-refractivity contribution >= 4 is 0 Å². The van der Waals surface area contributed by atoms with E-state index in [1.54, 1.807) is 19.1 Å². The molecule has 0 aromatic heterocycles. The number of allylic oxidation sites excluding steroid dienone is 6. The maximum absolute atomic E-state index is 9.60. The van der Waals surface area contributed by atoms with E-state index in [-0.39, 0.29) is 5.76 Å². The summed E-state index contributed by atoms with van der Waals surface area (Å²) in [6, 6.07) is 0. The van der Waals surface area contributed by atoms with E-state index in [4.69, 9.17) is 0 Å². The maximum Gasteiger partial charge on any atom is 0.118 e. The molecular formula is C14H18O2. The summed E-state index contributed by atoms with van der Waals surface area (Å²) in [5.74, 6) is 0.447. The Bertz CT molecular complexity index is 420. The van der Waals surface area contributed by atoms with Gasteiger partial charge < -0.3 is 10.2 Å². The molecule has 0 heterocycles. The zero-order valence-corrected chi connectivity index (χ0v) is 9.88. The maximum atomic E-state index is 9.60. The number of hydrogen-bond acceptors (Lipinski definition) is 2. The molecule has 16 heavy (non-hydrogen) atoms. The van der Waals surface area contributed by atoms with E-state index in [2.05, 4.69) is 13.2 Å². The van der Waals surface area contributed by atoms with Gasteiger partial charge in [0.25, 0.3) is 0 Å². The summed E-state index contributed by atoms with van der Waals surface area (Å²) in [6.07, 6.45) is 4.97. The van der Waals surface area contributed by atoms with Crippen molar-refractivity contribution in [3.8, 4) is 0 Å². The van der Waals surface area contributed by atoms with Crippen LogP contribution < -0.4 is 0 Å². The van der Waals surface area contributed by atoms with E-state index in [1.165, 1.54) is 0 Å². The highest BCUT2D eigenvalue weighted by Crippen LogP contribution is 2.27. The third-order valence-corrected chi connectivity index (χ3v) is 2.68. The molecule has 2 N–H and O–H groups in total. The van der Waals surface area contributed by atoms with Gasteiger partial charge in [-0.15, -0.1) is 0 Å². The molecule has 0 saturated carbocycles. The topological polar surface area (TPSA) is 40.5 Å². The van der Waals surface area contributed by atoms with Gasteiger partial charge in [-0.25, -0.2) is 0 Å². The molecule has 2 heteroatoms. The Balaban J connectivity index is 2.89. The van der Waals surface area contributed by atoms with Gasteiger partial charge >= 0.3 is 0 Å². The minimum Gasteiger partial charge on any atom is -0.508 e. The molecule has 0 unspecified atom stereocenters. The zero-order chi connectivity index (χ0) is 12.3. The molecule has 0 fully saturated rings. The average molecular weight is 218 g/mol. The predicted molar refractivity (Wildman–Crippen MR) is 67.3 cm³/mol. The summed E-state index contributed by atoms with van der Waals surface area (Å²) in [7, 11) is 0. The summed E-state index contributed by atoms with van der Waals surface area (Å²) in [5, 5.41) is 19.1. The van der Waals surface area contributed by atoms with Crippen molar-refractivity contribution in [2.45, 2.75) is 26.7 Å². The highest BCUT2D eigenvalue weighted by atomic mass is 16.3. The molecular weight excluding hydrogens is 200 g/mol. The fourth-order valence-corrected chi connectivity index (χ4v) is 1.44.